The van der Waals surface area contributed by atoms with Gasteiger partial charge in [-0.15, -0.1) is 11.3 Å². The molecule has 0 radical (unpaired) electrons. The van der Waals surface area contributed by atoms with Crippen molar-refractivity contribution in [3.05, 3.63) is 31.7 Å². The van der Waals surface area contributed by atoms with Crippen LogP contribution < -0.4 is 0 Å². The summed E-state index contributed by atoms with van der Waals surface area (Å²) in [6.07, 6.45) is -2.47. The van der Waals surface area contributed by atoms with Gasteiger partial charge in [0.1, 0.15) is 0 Å². The van der Waals surface area contributed by atoms with Crippen LogP contribution in [0.4, 0.5) is 8.78 Å². The second-order valence-corrected chi connectivity index (χ2v) is 5.13. The van der Waals surface area contributed by atoms with Crippen LogP contribution in [-0.2, 0) is 0 Å². The zero-order valence-corrected chi connectivity index (χ0v) is 10.5. The lowest BCUT2D eigenvalue weighted by atomic mass is 10.2. The quantitative estimate of drug-likeness (QED) is 0.632. The Kier molecular flexibility index (Phi) is 2.95. The number of hydrogen-bond acceptors (Lipinski definition) is 1. The molecule has 0 aliphatic carbocycles. The van der Waals surface area contributed by atoms with Gasteiger partial charge in [0.2, 0.25) is 0 Å². The molecule has 0 aliphatic heterocycles. The molecule has 74 valence electrons. The summed E-state index contributed by atoms with van der Waals surface area (Å²) in [7, 11) is 0. The first-order valence-electron chi connectivity index (χ1n) is 3.74. The average Bonchev–Trinajstić information content (AvgIpc) is 2.59. The molecule has 14 heavy (non-hydrogen) atoms. The predicted molar refractivity (Wildman–Crippen MR) is 64.5 cm³/mol. The van der Waals surface area contributed by atoms with Crippen molar-refractivity contribution >= 4 is 55.6 Å². The highest BCUT2D eigenvalue weighted by Gasteiger charge is 2.16. The molecule has 1 aromatic heterocycles. The first kappa shape index (κ1) is 10.6. The van der Waals surface area contributed by atoms with Crippen molar-refractivity contribution in [2.24, 2.45) is 0 Å². The lowest BCUT2D eigenvalue weighted by molar-refractivity contribution is 0.150. The summed E-state index contributed by atoms with van der Waals surface area (Å²) in [6.45, 7) is 0. The van der Waals surface area contributed by atoms with Crippen LogP contribution in [0.5, 0.6) is 0 Å². The Morgan fingerprint density at radius 1 is 1.43 bits per heavy atom. The first-order valence-corrected chi connectivity index (χ1v) is 6.08. The molecule has 0 bridgehead atoms. The van der Waals surface area contributed by atoms with Gasteiger partial charge in [-0.2, -0.15) is 0 Å². The Hall–Kier alpha value is 0.0600. The van der Waals surface area contributed by atoms with Gasteiger partial charge < -0.3 is 0 Å². The van der Waals surface area contributed by atoms with Crippen LogP contribution in [0.2, 0.25) is 5.02 Å². The highest BCUT2D eigenvalue weighted by atomic mass is 127. The average molecular weight is 345 g/mol. The Balaban J connectivity index is 2.82. The molecule has 2 rings (SSSR count). The van der Waals surface area contributed by atoms with Gasteiger partial charge in [-0.25, -0.2) is 8.78 Å². The highest BCUT2D eigenvalue weighted by molar-refractivity contribution is 14.1. The number of fused-ring (bicyclic) bond motifs is 1. The van der Waals surface area contributed by atoms with Gasteiger partial charge >= 0.3 is 0 Å². The third-order valence-corrected chi connectivity index (χ3v) is 4.67. The van der Waals surface area contributed by atoms with Crippen molar-refractivity contribution < 1.29 is 8.78 Å². The second kappa shape index (κ2) is 3.90. The lowest BCUT2D eigenvalue weighted by Gasteiger charge is -2.05. The van der Waals surface area contributed by atoms with Crippen molar-refractivity contribution in [1.29, 1.82) is 0 Å². The van der Waals surface area contributed by atoms with E-state index in [1.54, 1.807) is 0 Å². The standard InChI is InChI=1S/C9H4ClF2IS/c10-6-3-5(9(11)12)7(13)8-4(6)1-2-14-8/h1-3,9H. The van der Waals surface area contributed by atoms with E-state index in [2.05, 4.69) is 0 Å². The van der Waals surface area contributed by atoms with E-state index in [0.29, 0.717) is 8.59 Å². The fourth-order valence-corrected chi connectivity index (χ4v) is 3.50. The van der Waals surface area contributed by atoms with Crippen LogP contribution in [-0.4, -0.2) is 0 Å². The zero-order valence-electron chi connectivity index (χ0n) is 6.73. The molecule has 0 saturated heterocycles. The molecule has 0 saturated carbocycles. The van der Waals surface area contributed by atoms with Crippen LogP contribution in [0.15, 0.2) is 17.5 Å². The SMILES string of the molecule is FC(F)c1cc(Cl)c2ccsc2c1I. The number of halogens is 4. The van der Waals surface area contributed by atoms with Crippen molar-refractivity contribution in [3.8, 4) is 0 Å². The molecular weight excluding hydrogens is 341 g/mol. The molecule has 0 atom stereocenters. The number of hydrogen-bond donors (Lipinski definition) is 0. The summed E-state index contributed by atoms with van der Waals surface area (Å²) in [4.78, 5) is 0. The Morgan fingerprint density at radius 2 is 2.14 bits per heavy atom. The van der Waals surface area contributed by atoms with Gasteiger partial charge in [-0.3, -0.25) is 0 Å². The molecule has 1 aromatic carbocycles. The smallest absolute Gasteiger partial charge is 0.205 e. The van der Waals surface area contributed by atoms with Crippen LogP contribution in [0.25, 0.3) is 10.1 Å². The van der Waals surface area contributed by atoms with E-state index in [9.17, 15) is 8.78 Å². The Morgan fingerprint density at radius 3 is 2.79 bits per heavy atom. The summed E-state index contributed by atoms with van der Waals surface area (Å²) < 4.78 is 26.6. The molecule has 0 unspecified atom stereocenters. The van der Waals surface area contributed by atoms with E-state index in [1.807, 2.05) is 34.0 Å². The predicted octanol–water partition coefficient (Wildman–Crippen LogP) is 5.10. The molecule has 0 nitrogen and oxygen atoms in total. The third-order valence-electron chi connectivity index (χ3n) is 1.89. The molecule has 0 fully saturated rings. The monoisotopic (exact) mass is 344 g/mol. The van der Waals surface area contributed by atoms with E-state index in [1.165, 1.54) is 17.4 Å². The van der Waals surface area contributed by atoms with Gasteiger partial charge in [0.15, 0.2) is 0 Å². The van der Waals surface area contributed by atoms with Crippen LogP contribution >= 0.6 is 45.5 Å². The zero-order chi connectivity index (χ0) is 10.3. The van der Waals surface area contributed by atoms with Gasteiger partial charge in [0.05, 0.1) is 0 Å². The number of thiophene rings is 1. The second-order valence-electron chi connectivity index (χ2n) is 2.73. The highest BCUT2D eigenvalue weighted by Crippen LogP contribution is 2.37. The van der Waals surface area contributed by atoms with Crippen molar-refractivity contribution in [3.63, 3.8) is 0 Å². The minimum absolute atomic E-state index is 0.0190. The van der Waals surface area contributed by atoms with E-state index < -0.39 is 6.43 Å². The van der Waals surface area contributed by atoms with Crippen molar-refractivity contribution in [1.82, 2.24) is 0 Å². The summed E-state index contributed by atoms with van der Waals surface area (Å²) >= 11 is 9.26. The molecular formula is C9H4ClF2IS. The minimum Gasteiger partial charge on any atom is -0.205 e. The maximum atomic E-state index is 12.6. The van der Waals surface area contributed by atoms with Crippen molar-refractivity contribution in [2.75, 3.05) is 0 Å². The summed E-state index contributed by atoms with van der Waals surface area (Å²) in [5.41, 5.74) is 0.0190. The fourth-order valence-electron chi connectivity index (χ4n) is 1.23. The molecule has 5 heteroatoms. The van der Waals surface area contributed by atoms with Crippen LogP contribution in [0.1, 0.15) is 12.0 Å². The summed E-state index contributed by atoms with van der Waals surface area (Å²) in [5, 5.41) is 3.11. The normalized spacial score (nSPS) is 11.5. The van der Waals surface area contributed by atoms with Gasteiger partial charge in [-0.05, 0) is 40.1 Å². The molecule has 0 spiro atoms. The summed E-state index contributed by atoms with van der Waals surface area (Å²) in [5.74, 6) is 0. The first-order chi connectivity index (χ1) is 6.61. The Labute approximate surface area is 102 Å². The van der Waals surface area contributed by atoms with Crippen LogP contribution in [0, 0.1) is 3.57 Å². The minimum atomic E-state index is -2.47. The van der Waals surface area contributed by atoms with Gasteiger partial charge in [0, 0.05) is 24.2 Å². The fraction of sp³-hybridized carbons (Fsp3) is 0.111. The maximum absolute atomic E-state index is 12.6. The molecule has 2 aromatic rings. The topological polar surface area (TPSA) is 0 Å². The molecule has 1 heterocycles. The van der Waals surface area contributed by atoms with E-state index >= 15 is 0 Å². The lowest BCUT2D eigenvalue weighted by Crippen LogP contribution is -1.89. The molecule has 0 N–H and O–H groups in total. The molecule has 0 amide bonds. The van der Waals surface area contributed by atoms with E-state index in [4.69, 9.17) is 11.6 Å². The van der Waals surface area contributed by atoms with E-state index in [-0.39, 0.29) is 5.56 Å². The Bertz CT molecular complexity index is 481. The van der Waals surface area contributed by atoms with Gasteiger partial charge in [-0.1, -0.05) is 11.6 Å². The number of alkyl halides is 2. The van der Waals surface area contributed by atoms with Crippen molar-refractivity contribution in [2.45, 2.75) is 6.43 Å². The van der Waals surface area contributed by atoms with Crippen LogP contribution in [0.3, 0.4) is 0 Å². The third kappa shape index (κ3) is 1.63. The maximum Gasteiger partial charge on any atom is 0.264 e. The summed E-state index contributed by atoms with van der Waals surface area (Å²) in [6, 6.07) is 3.20. The number of benzene rings is 1. The van der Waals surface area contributed by atoms with E-state index in [0.717, 1.165) is 10.1 Å². The number of rotatable bonds is 1. The largest absolute Gasteiger partial charge is 0.264 e. The van der Waals surface area contributed by atoms with Gasteiger partial charge in [0.25, 0.3) is 6.43 Å². The molecule has 0 aliphatic rings.